The molecule has 1 rings (SSSR count). The van der Waals surface area contributed by atoms with Crippen LogP contribution in [0.15, 0.2) is 0 Å². The fourth-order valence-electron chi connectivity index (χ4n) is 0.951. The maximum Gasteiger partial charge on any atom is 2.00 e. The molecule has 0 aromatic carbocycles. The maximum atomic E-state index is 9.87. The van der Waals surface area contributed by atoms with E-state index in [0.29, 0.717) is 5.92 Å². The van der Waals surface area contributed by atoms with E-state index in [0.717, 1.165) is 0 Å². The SMILES string of the molecule is C[C]1[CH][CH][C](C(C)C)[CH][CH]1.F[P-](F)(F)(F)(F)F.N.N.[Cl-].[Ru+2]. The topological polar surface area (TPSA) is 70.0 Å². The van der Waals surface area contributed by atoms with E-state index in [4.69, 9.17) is 0 Å². The van der Waals surface area contributed by atoms with Crippen LogP contribution in [-0.2, 0) is 19.5 Å². The molecule has 0 aromatic rings. The predicted molar refractivity (Wildman–Crippen MR) is 67.8 cm³/mol. The van der Waals surface area contributed by atoms with Gasteiger partial charge in [-0.1, -0.05) is 20.8 Å². The van der Waals surface area contributed by atoms with E-state index in [9.17, 15) is 25.2 Å². The summed E-state index contributed by atoms with van der Waals surface area (Å²) in [4.78, 5) is 0. The molecular formula is C10H20ClF6N2PRu. The fourth-order valence-corrected chi connectivity index (χ4v) is 0.951. The quantitative estimate of drug-likeness (QED) is 0.366. The summed E-state index contributed by atoms with van der Waals surface area (Å²) in [5.41, 5.74) is 0. The summed E-state index contributed by atoms with van der Waals surface area (Å²) in [6, 6.07) is 0. The van der Waals surface area contributed by atoms with Crippen molar-refractivity contribution in [3.05, 3.63) is 37.5 Å². The molecule has 0 unspecified atom stereocenters. The molecule has 0 saturated heterocycles. The van der Waals surface area contributed by atoms with Crippen LogP contribution in [0, 0.1) is 43.4 Å². The average molecular weight is 450 g/mol. The molecule has 0 heterocycles. The van der Waals surface area contributed by atoms with Crippen LogP contribution in [0.4, 0.5) is 25.2 Å². The molecule has 0 aliphatic heterocycles. The second-order valence-electron chi connectivity index (χ2n) is 4.02. The first-order valence-corrected chi connectivity index (χ1v) is 6.81. The second-order valence-corrected chi connectivity index (χ2v) is 5.94. The van der Waals surface area contributed by atoms with Gasteiger partial charge in [-0.15, -0.1) is 0 Å². The Balaban J connectivity index is -0.0000000713. The van der Waals surface area contributed by atoms with Crippen molar-refractivity contribution in [3.63, 3.8) is 0 Å². The largest absolute Gasteiger partial charge is 2.00 e. The Morgan fingerprint density at radius 2 is 1.05 bits per heavy atom. The molecule has 11 heteroatoms. The molecule has 0 atom stereocenters. The molecule has 0 spiro atoms. The molecule has 132 valence electrons. The Kier molecular flexibility index (Phi) is 15.7. The Bertz CT molecular complexity index is 242. The molecular weight excluding hydrogens is 430 g/mol. The van der Waals surface area contributed by atoms with E-state index in [-0.39, 0.29) is 44.2 Å². The van der Waals surface area contributed by atoms with Crippen molar-refractivity contribution in [2.75, 3.05) is 0 Å². The second kappa shape index (κ2) is 9.87. The van der Waals surface area contributed by atoms with Gasteiger partial charge in [0.1, 0.15) is 0 Å². The molecule has 1 saturated carbocycles. The average Bonchev–Trinajstić information content (AvgIpc) is 1.98. The standard InChI is InChI=1S/C10H14.ClH.F6P.2H3N.Ru/c1-8(2)10-6-4-9(3)5-7-10;;1-7(2,3,4,5)6;;;/h4-8H,1-3H3;1H;;2*1H3;/q;;-1;;;+2/p-1. The molecule has 2 nitrogen and oxygen atoms in total. The van der Waals surface area contributed by atoms with Crippen LogP contribution in [0.1, 0.15) is 20.8 Å². The first kappa shape index (κ1) is 33.5. The molecule has 6 radical (unpaired) electrons. The molecule has 0 aromatic heterocycles. The van der Waals surface area contributed by atoms with Gasteiger partial charge in [0.15, 0.2) is 0 Å². The smallest absolute Gasteiger partial charge is 1.00 e. The molecule has 6 N–H and O–H groups in total. The molecule has 1 aliphatic carbocycles. The minimum absolute atomic E-state index is 0. The zero-order chi connectivity index (χ0) is 14.0. The minimum atomic E-state index is -10.7. The van der Waals surface area contributed by atoms with Crippen molar-refractivity contribution in [1.82, 2.24) is 12.3 Å². The van der Waals surface area contributed by atoms with E-state index < -0.39 is 7.81 Å². The summed E-state index contributed by atoms with van der Waals surface area (Å²) in [7, 11) is -10.7. The van der Waals surface area contributed by atoms with Crippen LogP contribution in [0.25, 0.3) is 0 Å². The predicted octanol–water partition coefficient (Wildman–Crippen LogP) is 3.35. The van der Waals surface area contributed by atoms with Crippen molar-refractivity contribution in [3.8, 4) is 0 Å². The summed E-state index contributed by atoms with van der Waals surface area (Å²) >= 11 is 0. The van der Waals surface area contributed by atoms with Crippen molar-refractivity contribution in [2.24, 2.45) is 5.92 Å². The molecule has 1 aliphatic rings. The molecule has 1 fully saturated rings. The van der Waals surface area contributed by atoms with Crippen LogP contribution >= 0.6 is 7.81 Å². The van der Waals surface area contributed by atoms with Crippen LogP contribution in [0.3, 0.4) is 0 Å². The van der Waals surface area contributed by atoms with Gasteiger partial charge in [0.2, 0.25) is 0 Å². The summed E-state index contributed by atoms with van der Waals surface area (Å²) in [5.74, 6) is 3.41. The summed E-state index contributed by atoms with van der Waals surface area (Å²) in [6.45, 7) is 6.54. The summed E-state index contributed by atoms with van der Waals surface area (Å²) < 4.78 is 59.2. The monoisotopic (exact) mass is 450 g/mol. The zero-order valence-electron chi connectivity index (χ0n) is 11.7. The van der Waals surface area contributed by atoms with Gasteiger partial charge >= 0.3 is 52.5 Å². The van der Waals surface area contributed by atoms with Gasteiger partial charge in [-0.25, -0.2) is 0 Å². The Morgan fingerprint density at radius 3 is 1.24 bits per heavy atom. The fraction of sp³-hybridized carbons (Fsp3) is 0.400. The number of hydrogen-bond acceptors (Lipinski definition) is 2. The Hall–Kier alpha value is 0.843. The normalized spacial score (nSPS) is 19.1. The first-order chi connectivity index (χ1) is 7.15. The third kappa shape index (κ3) is 33.6. The van der Waals surface area contributed by atoms with Gasteiger partial charge < -0.3 is 24.7 Å². The van der Waals surface area contributed by atoms with Crippen molar-refractivity contribution >= 4 is 7.81 Å². The number of hydrogen-bond donors (Lipinski definition) is 2. The Morgan fingerprint density at radius 1 is 0.810 bits per heavy atom. The van der Waals surface area contributed by atoms with Gasteiger partial charge in [0.25, 0.3) is 0 Å². The van der Waals surface area contributed by atoms with E-state index in [2.05, 4.69) is 46.5 Å². The third-order valence-electron chi connectivity index (χ3n) is 1.74. The van der Waals surface area contributed by atoms with Gasteiger partial charge in [0, 0.05) is 0 Å². The van der Waals surface area contributed by atoms with Crippen molar-refractivity contribution in [1.29, 1.82) is 0 Å². The van der Waals surface area contributed by atoms with Crippen molar-refractivity contribution in [2.45, 2.75) is 20.8 Å². The zero-order valence-corrected chi connectivity index (χ0v) is 15.1. The summed E-state index contributed by atoms with van der Waals surface area (Å²) in [5, 5.41) is 0. The summed E-state index contributed by atoms with van der Waals surface area (Å²) in [6.07, 6.45) is 8.71. The van der Waals surface area contributed by atoms with E-state index in [1.165, 1.54) is 11.8 Å². The number of halogens is 7. The van der Waals surface area contributed by atoms with Crippen LogP contribution < -0.4 is 24.7 Å². The minimum Gasteiger partial charge on any atom is -1.00 e. The van der Waals surface area contributed by atoms with E-state index in [1.807, 2.05) is 0 Å². The van der Waals surface area contributed by atoms with Crippen LogP contribution in [-0.4, -0.2) is 0 Å². The van der Waals surface area contributed by atoms with Gasteiger partial charge in [-0.05, 0) is 43.4 Å². The van der Waals surface area contributed by atoms with Gasteiger partial charge in [-0.2, -0.15) is 0 Å². The van der Waals surface area contributed by atoms with E-state index in [1.54, 1.807) is 0 Å². The van der Waals surface area contributed by atoms with Crippen molar-refractivity contribution < 1.29 is 57.1 Å². The van der Waals surface area contributed by atoms with Crippen LogP contribution in [0.2, 0.25) is 0 Å². The van der Waals surface area contributed by atoms with Gasteiger partial charge in [0.05, 0.1) is 0 Å². The third-order valence-corrected chi connectivity index (χ3v) is 1.74. The number of rotatable bonds is 1. The first-order valence-electron chi connectivity index (χ1n) is 4.78. The maximum absolute atomic E-state index is 10.7. The molecule has 21 heavy (non-hydrogen) atoms. The van der Waals surface area contributed by atoms with Gasteiger partial charge in [-0.3, -0.25) is 0 Å². The van der Waals surface area contributed by atoms with Crippen LogP contribution in [0.5, 0.6) is 0 Å². The molecule has 0 amide bonds. The van der Waals surface area contributed by atoms with E-state index >= 15 is 0 Å². The molecule has 0 bridgehead atoms. The Labute approximate surface area is 141 Å².